The molecule has 0 radical (unpaired) electrons. The van der Waals surface area contributed by atoms with E-state index in [4.69, 9.17) is 32.5 Å². The lowest BCUT2D eigenvalue weighted by Gasteiger charge is -2.64. The van der Waals surface area contributed by atoms with E-state index in [0.717, 1.165) is 31.2 Å². The summed E-state index contributed by atoms with van der Waals surface area (Å²) in [4.78, 5) is 27.2. The fraction of sp³-hybridized carbons (Fsp3) is 0.548. The molecule has 2 aromatic carbocycles. The highest BCUT2D eigenvalue weighted by Gasteiger charge is 2.68. The summed E-state index contributed by atoms with van der Waals surface area (Å²) < 4.78 is 13.3. The van der Waals surface area contributed by atoms with Gasteiger partial charge in [0.05, 0.1) is 28.2 Å². The minimum Gasteiger partial charge on any atom is -0.404 e. The van der Waals surface area contributed by atoms with Crippen molar-refractivity contribution in [2.75, 3.05) is 0 Å². The number of carbonyl (C=O) groups is 2. The Morgan fingerprint density at radius 2 is 1.80 bits per heavy atom. The van der Waals surface area contributed by atoms with Crippen molar-refractivity contribution in [1.29, 1.82) is 0 Å². The Bertz CT molecular complexity index is 1290. The van der Waals surface area contributed by atoms with Crippen molar-refractivity contribution in [1.82, 2.24) is 10.6 Å². The summed E-state index contributed by atoms with van der Waals surface area (Å²) in [5.74, 6) is 0.629. The molecule has 1 saturated heterocycles. The maximum absolute atomic E-state index is 13.9. The summed E-state index contributed by atoms with van der Waals surface area (Å²) in [6.07, 6.45) is 5.63. The van der Waals surface area contributed by atoms with Crippen LogP contribution in [-0.4, -0.2) is 42.6 Å². The first-order valence-corrected chi connectivity index (χ1v) is 15.2. The van der Waals surface area contributed by atoms with Gasteiger partial charge in [0.25, 0.3) is 5.91 Å². The molecule has 4 aliphatic carbocycles. The van der Waals surface area contributed by atoms with E-state index in [1.54, 1.807) is 12.1 Å². The molecule has 2 aromatic rings. The van der Waals surface area contributed by atoms with E-state index < -0.39 is 19.1 Å². The van der Waals surface area contributed by atoms with Crippen molar-refractivity contribution >= 4 is 42.1 Å². The predicted molar refractivity (Wildman–Crippen MR) is 157 cm³/mol. The van der Waals surface area contributed by atoms with Gasteiger partial charge in [-0.25, -0.2) is 0 Å². The SMILES string of the molecule is CC1(C)[C@@H]2C[C@H]3OB([C@H](CC4CC4)NC(=O)[C@H](Cc4ccccc4)NC(=O)c4cc(Cl)ccc4Cl)O[C@@]3(C)[C@H]1C2. The first kappa shape index (κ1) is 28.1. The standard InChI is InChI=1S/C31H37BCl2N2O4/c1-30(2)20-15-25(30)31(3)26(16-20)39-32(40-31)27(14-19-9-10-19)36-29(38)24(13-18-7-5-4-6-8-18)35-28(37)22-17-21(33)11-12-23(22)34/h4-8,11-12,17,19-20,24-27H,9-10,13-16H2,1-3H3,(H,35,37)(H,36,38)/t20-,24-,25-,26+,27-,31-/m0/s1. The van der Waals surface area contributed by atoms with Gasteiger partial charge in [0, 0.05) is 11.4 Å². The second-order valence-corrected chi connectivity index (χ2v) is 13.8. The average Bonchev–Trinajstić information content (AvgIpc) is 3.66. The summed E-state index contributed by atoms with van der Waals surface area (Å²) >= 11 is 12.4. The molecule has 1 aliphatic heterocycles. The number of hydrogen-bond acceptors (Lipinski definition) is 4. The Labute approximate surface area is 247 Å². The lowest BCUT2D eigenvalue weighted by molar-refractivity contribution is -0.199. The lowest BCUT2D eigenvalue weighted by Crippen LogP contribution is -2.65. The van der Waals surface area contributed by atoms with Gasteiger partial charge in [0.1, 0.15) is 6.04 Å². The van der Waals surface area contributed by atoms with Crippen molar-refractivity contribution in [3.63, 3.8) is 0 Å². The summed E-state index contributed by atoms with van der Waals surface area (Å²) in [5, 5.41) is 6.84. The van der Waals surface area contributed by atoms with Crippen molar-refractivity contribution in [3.05, 3.63) is 69.7 Å². The van der Waals surface area contributed by atoms with E-state index in [1.807, 2.05) is 30.3 Å². The quantitative estimate of drug-likeness (QED) is 0.362. The van der Waals surface area contributed by atoms with Gasteiger partial charge < -0.3 is 19.9 Å². The summed E-state index contributed by atoms with van der Waals surface area (Å²) in [5.41, 5.74) is 1.06. The Morgan fingerprint density at radius 1 is 1.05 bits per heavy atom. The van der Waals surface area contributed by atoms with Gasteiger partial charge >= 0.3 is 7.12 Å². The van der Waals surface area contributed by atoms with Gasteiger partial charge in [-0.2, -0.15) is 0 Å². The Morgan fingerprint density at radius 3 is 2.50 bits per heavy atom. The molecule has 2 bridgehead atoms. The van der Waals surface area contributed by atoms with Crippen LogP contribution in [0.3, 0.4) is 0 Å². The van der Waals surface area contributed by atoms with Crippen molar-refractivity contribution < 1.29 is 18.9 Å². The van der Waals surface area contributed by atoms with E-state index in [-0.39, 0.29) is 39.6 Å². The Kier molecular flexibility index (Phi) is 7.48. The third kappa shape index (κ3) is 5.31. The van der Waals surface area contributed by atoms with Gasteiger partial charge in [0.15, 0.2) is 0 Å². The fourth-order valence-electron chi connectivity index (χ4n) is 7.27. The van der Waals surface area contributed by atoms with E-state index in [2.05, 4.69) is 31.4 Å². The van der Waals surface area contributed by atoms with Crippen molar-refractivity contribution in [2.45, 2.75) is 83.0 Å². The monoisotopic (exact) mass is 582 g/mol. The predicted octanol–water partition coefficient (Wildman–Crippen LogP) is 5.89. The minimum atomic E-state index is -0.822. The fourth-order valence-corrected chi connectivity index (χ4v) is 7.65. The van der Waals surface area contributed by atoms with Crippen LogP contribution in [0.4, 0.5) is 0 Å². The number of amides is 2. The van der Waals surface area contributed by atoms with Gasteiger partial charge in [-0.1, -0.05) is 80.2 Å². The third-order valence-electron chi connectivity index (χ3n) is 9.99. The summed E-state index contributed by atoms with van der Waals surface area (Å²) in [7, 11) is -0.509. The van der Waals surface area contributed by atoms with Crippen LogP contribution < -0.4 is 10.6 Å². The number of halogens is 2. The van der Waals surface area contributed by atoms with E-state index in [1.165, 1.54) is 12.5 Å². The smallest absolute Gasteiger partial charge is 0.404 e. The molecule has 1 heterocycles. The highest BCUT2D eigenvalue weighted by molar-refractivity contribution is 6.48. The molecule has 4 saturated carbocycles. The molecule has 2 amide bonds. The molecule has 2 N–H and O–H groups in total. The van der Waals surface area contributed by atoms with Gasteiger partial charge in [-0.3, -0.25) is 9.59 Å². The topological polar surface area (TPSA) is 76.7 Å². The number of carbonyl (C=O) groups excluding carboxylic acids is 2. The molecular formula is C31H37BCl2N2O4. The number of nitrogens with one attached hydrogen (secondary N) is 2. The molecule has 6 atom stereocenters. The van der Waals surface area contributed by atoms with Crippen LogP contribution in [0.25, 0.3) is 0 Å². The second kappa shape index (κ2) is 10.7. The maximum Gasteiger partial charge on any atom is 0.481 e. The second-order valence-electron chi connectivity index (χ2n) is 13.0. The molecule has 212 valence electrons. The molecule has 0 aromatic heterocycles. The van der Waals surface area contributed by atoms with Crippen LogP contribution in [0, 0.1) is 23.2 Å². The van der Waals surface area contributed by atoms with Gasteiger partial charge in [-0.05, 0) is 73.1 Å². The Hall–Kier alpha value is -2.06. The zero-order valence-electron chi connectivity index (χ0n) is 23.3. The van der Waals surface area contributed by atoms with Crippen LogP contribution in [0.2, 0.25) is 10.0 Å². The van der Waals surface area contributed by atoms with Crippen molar-refractivity contribution in [2.24, 2.45) is 23.2 Å². The van der Waals surface area contributed by atoms with Crippen LogP contribution in [0.5, 0.6) is 0 Å². The molecule has 9 heteroatoms. The molecule has 6 nitrogen and oxygen atoms in total. The molecule has 0 spiro atoms. The first-order valence-electron chi connectivity index (χ1n) is 14.5. The minimum absolute atomic E-state index is 0.0395. The van der Waals surface area contributed by atoms with E-state index in [9.17, 15) is 9.59 Å². The summed E-state index contributed by atoms with van der Waals surface area (Å²) in [6.45, 7) is 6.88. The number of rotatable bonds is 9. The summed E-state index contributed by atoms with van der Waals surface area (Å²) in [6, 6.07) is 13.6. The normalized spacial score (nSPS) is 29.6. The van der Waals surface area contributed by atoms with Crippen molar-refractivity contribution in [3.8, 4) is 0 Å². The molecule has 5 aliphatic rings. The van der Waals surface area contributed by atoms with Crippen LogP contribution in [-0.2, 0) is 20.5 Å². The zero-order valence-corrected chi connectivity index (χ0v) is 24.8. The third-order valence-corrected chi connectivity index (χ3v) is 10.6. The van der Waals surface area contributed by atoms with Gasteiger partial charge in [0.2, 0.25) is 5.91 Å². The van der Waals surface area contributed by atoms with Crippen LogP contribution >= 0.6 is 23.2 Å². The average molecular weight is 583 g/mol. The highest BCUT2D eigenvalue weighted by Crippen LogP contribution is 2.65. The van der Waals surface area contributed by atoms with Crippen LogP contribution in [0.15, 0.2) is 48.5 Å². The Balaban J connectivity index is 1.21. The largest absolute Gasteiger partial charge is 0.481 e. The van der Waals surface area contributed by atoms with E-state index in [0.29, 0.717) is 29.2 Å². The lowest BCUT2D eigenvalue weighted by atomic mass is 9.43. The van der Waals surface area contributed by atoms with Crippen LogP contribution in [0.1, 0.15) is 68.8 Å². The molecular weight excluding hydrogens is 546 g/mol. The maximum atomic E-state index is 13.9. The number of hydrogen-bond donors (Lipinski definition) is 2. The number of benzene rings is 2. The zero-order chi connectivity index (χ0) is 28.2. The molecule has 0 unspecified atom stereocenters. The van der Waals surface area contributed by atoms with Gasteiger partial charge in [-0.15, -0.1) is 0 Å². The molecule has 7 rings (SSSR count). The molecule has 5 fully saturated rings. The van der Waals surface area contributed by atoms with E-state index >= 15 is 0 Å². The highest BCUT2D eigenvalue weighted by atomic mass is 35.5. The first-order chi connectivity index (χ1) is 19.0. The molecule has 40 heavy (non-hydrogen) atoms.